The molecule has 0 saturated carbocycles. The van der Waals surface area contributed by atoms with Crippen LogP contribution in [0.25, 0.3) is 0 Å². The number of rotatable bonds is 4. The predicted molar refractivity (Wildman–Crippen MR) is 58.9 cm³/mol. The second-order valence-corrected chi connectivity index (χ2v) is 4.09. The van der Waals surface area contributed by atoms with Crippen LogP contribution in [0.15, 0.2) is 0 Å². The van der Waals surface area contributed by atoms with Gasteiger partial charge in [0.2, 0.25) is 0 Å². The van der Waals surface area contributed by atoms with E-state index in [1.165, 1.54) is 0 Å². The molecular formula is C12H25N. The summed E-state index contributed by atoms with van der Waals surface area (Å²) in [5, 5.41) is 0. The van der Waals surface area contributed by atoms with E-state index in [0.717, 1.165) is 19.4 Å². The fraction of sp³-hybridized carbons (Fsp3) is 1.00. The number of nitrogens with zero attached hydrogens (tertiary/aromatic N) is 1. The first kappa shape index (κ1) is 6.44. The van der Waals surface area contributed by atoms with Crippen LogP contribution in [0, 0.1) is 11.8 Å². The van der Waals surface area contributed by atoms with E-state index < -0.39 is 12.7 Å². The predicted octanol–water partition coefficient (Wildman–Crippen LogP) is 3.15. The molecule has 1 aliphatic rings. The van der Waals surface area contributed by atoms with E-state index in [1.807, 2.05) is 11.8 Å². The second-order valence-electron chi connectivity index (χ2n) is 4.09. The maximum Gasteiger partial charge on any atom is 0.0280 e. The molecule has 0 radical (unpaired) electrons. The van der Waals surface area contributed by atoms with Gasteiger partial charge in [0.05, 0.1) is 0 Å². The van der Waals surface area contributed by atoms with Gasteiger partial charge < -0.3 is 4.90 Å². The van der Waals surface area contributed by atoms with E-state index in [4.69, 9.17) is 5.48 Å². The second kappa shape index (κ2) is 5.64. The van der Waals surface area contributed by atoms with Crippen molar-refractivity contribution in [1.29, 1.82) is 0 Å². The summed E-state index contributed by atoms with van der Waals surface area (Å²) in [5.41, 5.74) is 0. The van der Waals surface area contributed by atoms with E-state index in [9.17, 15) is 0 Å². The molecule has 0 aromatic heterocycles. The van der Waals surface area contributed by atoms with Crippen LogP contribution in [0.2, 0.25) is 0 Å². The van der Waals surface area contributed by atoms with Crippen molar-refractivity contribution in [3.63, 3.8) is 0 Å². The van der Waals surface area contributed by atoms with Crippen LogP contribution in [0.4, 0.5) is 0 Å². The van der Waals surface area contributed by atoms with E-state index in [1.54, 1.807) is 0 Å². The molecule has 0 aromatic rings. The standard InChI is InChI=1S/C12H25N/c1-4-11(3)9-12-7-6-8-13(5-2)10-12/h11-12H,4-10H2,1-3H3/i6D2,7D2. The summed E-state index contributed by atoms with van der Waals surface area (Å²) in [6.45, 7) is 7.94. The lowest BCUT2D eigenvalue weighted by Gasteiger charge is -2.33. The Morgan fingerprint density at radius 2 is 2.31 bits per heavy atom. The van der Waals surface area contributed by atoms with Crippen LogP contribution in [0.5, 0.6) is 0 Å². The smallest absolute Gasteiger partial charge is 0.0280 e. The maximum atomic E-state index is 8.08. The molecule has 0 aromatic carbocycles. The van der Waals surface area contributed by atoms with Crippen molar-refractivity contribution in [2.45, 2.75) is 46.4 Å². The number of hydrogen-bond donors (Lipinski definition) is 0. The Morgan fingerprint density at radius 3 is 2.92 bits per heavy atom. The SMILES string of the molecule is [2H]C1([2H])CN(CC)CC(CC(C)CC)C1([2H])[2H]. The Hall–Kier alpha value is -0.0400. The monoisotopic (exact) mass is 187 g/mol. The molecule has 0 spiro atoms. The summed E-state index contributed by atoms with van der Waals surface area (Å²) in [4.78, 5) is 2.04. The molecule has 0 aliphatic carbocycles. The van der Waals surface area contributed by atoms with Crippen LogP contribution < -0.4 is 0 Å². The van der Waals surface area contributed by atoms with Crippen molar-refractivity contribution >= 4 is 0 Å². The molecule has 2 unspecified atom stereocenters. The zero-order chi connectivity index (χ0) is 13.3. The van der Waals surface area contributed by atoms with Gasteiger partial charge in [0, 0.05) is 12.0 Å². The zero-order valence-electron chi connectivity index (χ0n) is 13.1. The average molecular weight is 187 g/mol. The summed E-state index contributed by atoms with van der Waals surface area (Å²) in [7, 11) is 0. The minimum absolute atomic E-state index is 0.193. The molecule has 1 rings (SSSR count). The van der Waals surface area contributed by atoms with Gasteiger partial charge in [-0.15, -0.1) is 0 Å². The Bertz CT molecular complexity index is 253. The first-order valence-electron chi connectivity index (χ1n) is 7.47. The zero-order valence-corrected chi connectivity index (χ0v) is 9.14. The molecule has 1 saturated heterocycles. The quantitative estimate of drug-likeness (QED) is 0.653. The highest BCUT2D eigenvalue weighted by atomic mass is 15.1. The molecule has 13 heavy (non-hydrogen) atoms. The highest BCUT2D eigenvalue weighted by molar-refractivity contribution is 4.73. The van der Waals surface area contributed by atoms with Gasteiger partial charge >= 0.3 is 0 Å². The van der Waals surface area contributed by atoms with Crippen molar-refractivity contribution in [3.8, 4) is 0 Å². The van der Waals surface area contributed by atoms with Gasteiger partial charge in [-0.05, 0) is 44.1 Å². The lowest BCUT2D eigenvalue weighted by Crippen LogP contribution is -2.35. The van der Waals surface area contributed by atoms with Gasteiger partial charge in [-0.25, -0.2) is 0 Å². The van der Waals surface area contributed by atoms with Gasteiger partial charge in [0.1, 0.15) is 0 Å². The minimum Gasteiger partial charge on any atom is -0.303 e. The van der Waals surface area contributed by atoms with Gasteiger partial charge in [0.25, 0.3) is 0 Å². The van der Waals surface area contributed by atoms with Crippen LogP contribution in [0.1, 0.15) is 51.8 Å². The van der Waals surface area contributed by atoms with Crippen LogP contribution in [0.3, 0.4) is 0 Å². The van der Waals surface area contributed by atoms with Crippen molar-refractivity contribution in [2.24, 2.45) is 11.8 Å². The molecule has 0 amide bonds. The molecule has 1 fully saturated rings. The lowest BCUT2D eigenvalue weighted by molar-refractivity contribution is 0.163. The number of likely N-dealkylation sites (tertiary alicyclic amines) is 1. The first-order chi connectivity index (χ1) is 7.74. The average Bonchev–Trinajstić information content (AvgIpc) is 2.24. The Balaban J connectivity index is 2.84. The lowest BCUT2D eigenvalue weighted by atomic mass is 9.88. The highest BCUT2D eigenvalue weighted by Crippen LogP contribution is 2.24. The third kappa shape index (κ3) is 3.68. The number of hydrogen-bond acceptors (Lipinski definition) is 1. The molecular weight excluding hydrogens is 158 g/mol. The Labute approximate surface area is 89.1 Å². The normalized spacial score (nSPS) is 39.8. The van der Waals surface area contributed by atoms with E-state index >= 15 is 0 Å². The third-order valence-corrected chi connectivity index (χ3v) is 2.92. The molecule has 1 heterocycles. The van der Waals surface area contributed by atoms with Crippen LogP contribution in [-0.4, -0.2) is 24.5 Å². The molecule has 78 valence electrons. The Kier molecular flexibility index (Phi) is 2.80. The topological polar surface area (TPSA) is 3.24 Å². The number of piperidine rings is 1. The fourth-order valence-corrected chi connectivity index (χ4v) is 1.75. The van der Waals surface area contributed by atoms with E-state index in [2.05, 4.69) is 13.8 Å². The molecule has 2 atom stereocenters. The van der Waals surface area contributed by atoms with Gasteiger partial charge in [0.15, 0.2) is 0 Å². The first-order valence-corrected chi connectivity index (χ1v) is 5.47. The van der Waals surface area contributed by atoms with Crippen molar-refractivity contribution in [3.05, 3.63) is 0 Å². The highest BCUT2D eigenvalue weighted by Gasteiger charge is 2.19. The molecule has 0 bridgehead atoms. The van der Waals surface area contributed by atoms with Crippen molar-refractivity contribution in [1.82, 2.24) is 4.90 Å². The molecule has 1 nitrogen and oxygen atoms in total. The summed E-state index contributed by atoms with van der Waals surface area (Å²) < 4.78 is 32.1. The largest absolute Gasteiger partial charge is 0.303 e. The van der Waals surface area contributed by atoms with E-state index in [-0.39, 0.29) is 12.5 Å². The third-order valence-electron chi connectivity index (χ3n) is 2.92. The van der Waals surface area contributed by atoms with Crippen molar-refractivity contribution in [2.75, 3.05) is 19.6 Å². The summed E-state index contributed by atoms with van der Waals surface area (Å²) >= 11 is 0. The summed E-state index contributed by atoms with van der Waals surface area (Å²) in [6.07, 6.45) is -1.64. The van der Waals surface area contributed by atoms with Crippen molar-refractivity contribution < 1.29 is 5.48 Å². The van der Waals surface area contributed by atoms with Crippen LogP contribution in [-0.2, 0) is 0 Å². The van der Waals surface area contributed by atoms with Crippen LogP contribution >= 0.6 is 0 Å². The fourth-order valence-electron chi connectivity index (χ4n) is 1.75. The van der Waals surface area contributed by atoms with Gasteiger partial charge in [-0.2, -0.15) is 0 Å². The molecule has 0 N–H and O–H groups in total. The van der Waals surface area contributed by atoms with Gasteiger partial charge in [-0.1, -0.05) is 27.2 Å². The summed E-state index contributed by atoms with van der Waals surface area (Å²) in [6, 6.07) is 0. The molecule has 1 heteroatoms. The van der Waals surface area contributed by atoms with E-state index in [0.29, 0.717) is 12.5 Å². The molecule has 1 aliphatic heterocycles. The maximum absolute atomic E-state index is 8.08. The Morgan fingerprint density at radius 1 is 1.54 bits per heavy atom. The van der Waals surface area contributed by atoms with Gasteiger partial charge in [-0.3, -0.25) is 0 Å². The summed E-state index contributed by atoms with van der Waals surface area (Å²) in [5.74, 6) is 0.267. The minimum atomic E-state index is -1.74.